The van der Waals surface area contributed by atoms with Crippen LogP contribution in [0.1, 0.15) is 27.3 Å². The SMILES string of the molecule is COC(=O)/C=C(\C(=O)OC)c1c2c(C(=O)OC)c3cccccc-3c2c(C)n1-c1ccc(C)cc1. The van der Waals surface area contributed by atoms with E-state index in [2.05, 4.69) is 0 Å². The molecule has 0 N–H and O–H groups in total. The molecular formula is C28H25NO6. The predicted molar refractivity (Wildman–Crippen MR) is 133 cm³/mol. The fraction of sp³-hybridized carbons (Fsp3) is 0.179. The van der Waals surface area contributed by atoms with Gasteiger partial charge in [0.1, 0.15) is 0 Å². The lowest BCUT2D eigenvalue weighted by atomic mass is 10.0. The van der Waals surface area contributed by atoms with Crippen molar-refractivity contribution in [1.29, 1.82) is 0 Å². The molecule has 0 aliphatic heterocycles. The summed E-state index contributed by atoms with van der Waals surface area (Å²) in [5.74, 6) is -2.02. The predicted octanol–water partition coefficient (Wildman–Crippen LogP) is 4.87. The van der Waals surface area contributed by atoms with Crippen LogP contribution in [0.5, 0.6) is 0 Å². The van der Waals surface area contributed by atoms with E-state index < -0.39 is 17.9 Å². The molecule has 0 saturated carbocycles. The van der Waals surface area contributed by atoms with E-state index in [4.69, 9.17) is 14.2 Å². The molecule has 0 spiro atoms. The van der Waals surface area contributed by atoms with Crippen LogP contribution in [-0.2, 0) is 23.8 Å². The second-order valence-electron chi connectivity index (χ2n) is 8.03. The summed E-state index contributed by atoms with van der Waals surface area (Å²) in [5.41, 5.74) is 4.70. The molecule has 0 fully saturated rings. The van der Waals surface area contributed by atoms with Gasteiger partial charge < -0.3 is 18.8 Å². The van der Waals surface area contributed by atoms with E-state index in [0.717, 1.165) is 34.0 Å². The number of hydrogen-bond donors (Lipinski definition) is 0. The van der Waals surface area contributed by atoms with Crippen LogP contribution in [0.25, 0.3) is 33.2 Å². The number of esters is 3. The van der Waals surface area contributed by atoms with Gasteiger partial charge in [-0.15, -0.1) is 0 Å². The third-order valence-electron chi connectivity index (χ3n) is 6.04. The van der Waals surface area contributed by atoms with Crippen molar-refractivity contribution in [3.05, 3.63) is 83.2 Å². The molecule has 2 aliphatic carbocycles. The zero-order chi connectivity index (χ0) is 25.3. The number of methoxy groups -OCH3 is 3. The Hall–Kier alpha value is -4.39. The van der Waals surface area contributed by atoms with Crippen molar-refractivity contribution in [2.75, 3.05) is 21.3 Å². The van der Waals surface area contributed by atoms with Gasteiger partial charge >= 0.3 is 17.9 Å². The summed E-state index contributed by atoms with van der Waals surface area (Å²) < 4.78 is 16.9. The van der Waals surface area contributed by atoms with Crippen LogP contribution < -0.4 is 0 Å². The van der Waals surface area contributed by atoms with Gasteiger partial charge in [-0.25, -0.2) is 14.4 Å². The Balaban J connectivity index is 2.29. The van der Waals surface area contributed by atoms with Crippen molar-refractivity contribution >= 4 is 34.3 Å². The minimum Gasteiger partial charge on any atom is -0.466 e. The number of nitrogens with zero attached hydrogens (tertiary/aromatic N) is 1. The van der Waals surface area contributed by atoms with E-state index in [1.807, 2.05) is 73.0 Å². The first kappa shape index (κ1) is 23.8. The Bertz CT molecular complexity index is 1460. The van der Waals surface area contributed by atoms with E-state index in [0.29, 0.717) is 22.2 Å². The fourth-order valence-corrected chi connectivity index (χ4v) is 4.48. The van der Waals surface area contributed by atoms with Crippen molar-refractivity contribution < 1.29 is 28.6 Å². The lowest BCUT2D eigenvalue weighted by Crippen LogP contribution is -2.13. The average Bonchev–Trinajstić information content (AvgIpc) is 3.21. The van der Waals surface area contributed by atoms with Crippen LogP contribution in [0.3, 0.4) is 0 Å². The first-order valence-electron chi connectivity index (χ1n) is 10.9. The third kappa shape index (κ3) is 3.95. The number of fused-ring (bicyclic) bond motifs is 3. The molecule has 2 aliphatic rings. The zero-order valence-electron chi connectivity index (χ0n) is 20.2. The van der Waals surface area contributed by atoms with Crippen molar-refractivity contribution in [2.24, 2.45) is 0 Å². The van der Waals surface area contributed by atoms with Crippen LogP contribution in [0.4, 0.5) is 0 Å². The van der Waals surface area contributed by atoms with Gasteiger partial charge in [0.15, 0.2) is 0 Å². The molecule has 0 radical (unpaired) electrons. The summed E-state index contributed by atoms with van der Waals surface area (Å²) in [4.78, 5) is 38.5. The highest BCUT2D eigenvalue weighted by Gasteiger charge is 2.33. The molecule has 0 saturated heterocycles. The molecule has 1 aromatic heterocycles. The standard InChI is InChI=1S/C28H25NO6/c1-16-11-13-18(14-12-16)29-17(2)23-19-9-7-6-8-10-20(19)24(28(32)35-5)25(23)26(29)21(27(31)34-4)15-22(30)33-3/h6-15H,1-5H3/b21-15-. The summed E-state index contributed by atoms with van der Waals surface area (Å²) in [6, 6.07) is 17.1. The highest BCUT2D eigenvalue weighted by atomic mass is 16.5. The average molecular weight is 472 g/mol. The number of carbonyl (C=O) groups is 3. The van der Waals surface area contributed by atoms with Crippen molar-refractivity contribution in [2.45, 2.75) is 13.8 Å². The Morgan fingerprint density at radius 3 is 2.03 bits per heavy atom. The van der Waals surface area contributed by atoms with Crippen LogP contribution in [0.15, 0.2) is 60.7 Å². The number of aromatic nitrogens is 1. The minimum atomic E-state index is -0.741. The lowest BCUT2D eigenvalue weighted by molar-refractivity contribution is -0.136. The Kier molecular flexibility index (Phi) is 6.42. The third-order valence-corrected chi connectivity index (χ3v) is 6.04. The van der Waals surface area contributed by atoms with E-state index in [1.54, 1.807) is 0 Å². The molecule has 1 aromatic carbocycles. The lowest BCUT2D eigenvalue weighted by Gasteiger charge is -2.15. The Labute approximate surface area is 202 Å². The number of aryl methyl sites for hydroxylation is 2. The molecule has 178 valence electrons. The molecule has 1 heterocycles. The van der Waals surface area contributed by atoms with E-state index in [9.17, 15) is 14.4 Å². The zero-order valence-corrected chi connectivity index (χ0v) is 20.2. The van der Waals surface area contributed by atoms with Crippen LogP contribution in [0.2, 0.25) is 0 Å². The summed E-state index contributed by atoms with van der Waals surface area (Å²) in [6.07, 6.45) is 1.09. The molecule has 0 bridgehead atoms. The van der Waals surface area contributed by atoms with E-state index in [1.165, 1.54) is 21.3 Å². The molecule has 2 aromatic rings. The normalized spacial score (nSPS) is 11.5. The molecule has 4 rings (SSSR count). The number of ether oxygens (including phenoxy) is 3. The van der Waals surface area contributed by atoms with Gasteiger partial charge in [-0.05, 0) is 37.1 Å². The van der Waals surface area contributed by atoms with Crippen LogP contribution in [-0.4, -0.2) is 43.8 Å². The minimum absolute atomic E-state index is 0.0390. The van der Waals surface area contributed by atoms with Gasteiger partial charge in [0, 0.05) is 28.2 Å². The summed E-state index contributed by atoms with van der Waals surface area (Å²) in [5, 5.41) is 1.27. The van der Waals surface area contributed by atoms with Gasteiger partial charge in [-0.1, -0.05) is 48.0 Å². The maximum atomic E-state index is 13.1. The topological polar surface area (TPSA) is 83.8 Å². The second-order valence-corrected chi connectivity index (χ2v) is 8.03. The van der Waals surface area contributed by atoms with Gasteiger partial charge in [0.25, 0.3) is 0 Å². The summed E-state index contributed by atoms with van der Waals surface area (Å²) in [6.45, 7) is 3.88. The first-order valence-corrected chi connectivity index (χ1v) is 10.9. The number of benzene rings is 1. The number of carbonyl (C=O) groups excluding carboxylic acids is 3. The van der Waals surface area contributed by atoms with Gasteiger partial charge in [0.05, 0.1) is 38.2 Å². The summed E-state index contributed by atoms with van der Waals surface area (Å²) >= 11 is 0. The smallest absolute Gasteiger partial charge is 0.340 e. The van der Waals surface area contributed by atoms with E-state index >= 15 is 0 Å². The molecule has 0 amide bonds. The van der Waals surface area contributed by atoms with Crippen LogP contribution in [0, 0.1) is 13.8 Å². The molecule has 0 atom stereocenters. The maximum absolute atomic E-state index is 13.1. The molecule has 35 heavy (non-hydrogen) atoms. The largest absolute Gasteiger partial charge is 0.466 e. The van der Waals surface area contributed by atoms with Crippen LogP contribution >= 0.6 is 0 Å². The van der Waals surface area contributed by atoms with E-state index in [-0.39, 0.29) is 5.57 Å². The summed E-state index contributed by atoms with van der Waals surface area (Å²) in [7, 11) is 3.77. The van der Waals surface area contributed by atoms with Gasteiger partial charge in [-0.2, -0.15) is 0 Å². The van der Waals surface area contributed by atoms with Gasteiger partial charge in [0.2, 0.25) is 0 Å². The number of hydrogen-bond acceptors (Lipinski definition) is 6. The van der Waals surface area contributed by atoms with Gasteiger partial charge in [-0.3, -0.25) is 0 Å². The van der Waals surface area contributed by atoms with Crippen molar-refractivity contribution in [3.8, 4) is 16.8 Å². The van der Waals surface area contributed by atoms with Crippen molar-refractivity contribution in [1.82, 2.24) is 4.57 Å². The second kappa shape index (κ2) is 9.46. The molecule has 7 nitrogen and oxygen atoms in total. The number of rotatable bonds is 5. The highest BCUT2D eigenvalue weighted by Crippen LogP contribution is 2.46. The quantitative estimate of drug-likeness (QED) is 0.235. The monoisotopic (exact) mass is 471 g/mol. The fourth-order valence-electron chi connectivity index (χ4n) is 4.48. The Morgan fingerprint density at radius 2 is 1.43 bits per heavy atom. The molecule has 0 unspecified atom stereocenters. The molecule has 7 heteroatoms. The van der Waals surface area contributed by atoms with Crippen molar-refractivity contribution in [3.63, 3.8) is 0 Å². The highest BCUT2D eigenvalue weighted by molar-refractivity contribution is 6.29. The Morgan fingerprint density at radius 1 is 0.771 bits per heavy atom. The first-order chi connectivity index (χ1) is 16.8. The molecular weight excluding hydrogens is 446 g/mol. The maximum Gasteiger partial charge on any atom is 0.340 e.